The van der Waals surface area contributed by atoms with Crippen LogP contribution in [0.5, 0.6) is 5.75 Å². The van der Waals surface area contributed by atoms with Crippen molar-refractivity contribution in [3.8, 4) is 16.9 Å². The minimum Gasteiger partial charge on any atom is -0.497 e. The summed E-state index contributed by atoms with van der Waals surface area (Å²) in [6.07, 6.45) is 0. The summed E-state index contributed by atoms with van der Waals surface area (Å²) in [5.74, 6) is 0.00823. The molecule has 1 heterocycles. The number of hydrogen-bond acceptors (Lipinski definition) is 5. The zero-order valence-corrected chi connectivity index (χ0v) is 14.2. The Kier molecular flexibility index (Phi) is 5.18. The highest BCUT2D eigenvalue weighted by atomic mass is 16.5. The molecule has 0 aliphatic heterocycles. The van der Waals surface area contributed by atoms with Gasteiger partial charge in [0.2, 0.25) is 0 Å². The predicted molar refractivity (Wildman–Crippen MR) is 94.4 cm³/mol. The quantitative estimate of drug-likeness (QED) is 0.704. The van der Waals surface area contributed by atoms with Gasteiger partial charge in [-0.2, -0.15) is 0 Å². The van der Waals surface area contributed by atoms with Gasteiger partial charge in [0.1, 0.15) is 11.6 Å². The van der Waals surface area contributed by atoms with Crippen LogP contribution in [0.3, 0.4) is 0 Å². The summed E-state index contributed by atoms with van der Waals surface area (Å²) in [5, 5.41) is 20.6. The van der Waals surface area contributed by atoms with Gasteiger partial charge in [-0.3, -0.25) is 0 Å². The van der Waals surface area contributed by atoms with Crippen molar-refractivity contribution in [2.75, 3.05) is 12.4 Å². The predicted octanol–water partition coefficient (Wildman–Crippen LogP) is 3.66. The lowest BCUT2D eigenvalue weighted by Crippen LogP contribution is -2.17. The van der Waals surface area contributed by atoms with Crippen molar-refractivity contribution < 1.29 is 14.6 Å². The van der Waals surface area contributed by atoms with Gasteiger partial charge in [-0.05, 0) is 50.1 Å². The molecule has 24 heavy (non-hydrogen) atoms. The Bertz CT molecular complexity index is 768. The summed E-state index contributed by atoms with van der Waals surface area (Å²) in [7, 11) is 1.59. The van der Waals surface area contributed by atoms with E-state index in [1.54, 1.807) is 26.2 Å². The molecular formula is C18H21N3O3. The number of rotatable bonds is 6. The first-order valence-corrected chi connectivity index (χ1v) is 7.58. The lowest BCUT2D eigenvalue weighted by molar-refractivity contribution is 0.0690. The number of carbonyl (C=O) groups is 1. The Morgan fingerprint density at radius 3 is 2.38 bits per heavy atom. The number of nitrogens with one attached hydrogen (secondary N) is 2. The molecular weight excluding hydrogens is 306 g/mol. The van der Waals surface area contributed by atoms with E-state index in [1.807, 2.05) is 26.0 Å². The molecule has 0 saturated heterocycles. The van der Waals surface area contributed by atoms with Gasteiger partial charge in [0.25, 0.3) is 0 Å². The van der Waals surface area contributed by atoms with Crippen LogP contribution in [0, 0.1) is 5.41 Å². The lowest BCUT2D eigenvalue weighted by atomic mass is 9.96. The topological polar surface area (TPSA) is 95.3 Å². The Morgan fingerprint density at radius 1 is 1.29 bits per heavy atom. The van der Waals surface area contributed by atoms with E-state index in [-0.39, 0.29) is 11.7 Å². The van der Waals surface area contributed by atoms with Crippen LogP contribution in [0.15, 0.2) is 30.3 Å². The van der Waals surface area contributed by atoms with Crippen LogP contribution in [0.1, 0.15) is 36.8 Å². The molecule has 0 radical (unpaired) electrons. The molecule has 0 aliphatic carbocycles. The molecule has 0 saturated carbocycles. The van der Waals surface area contributed by atoms with Gasteiger partial charge in [-0.1, -0.05) is 12.1 Å². The molecule has 0 aliphatic rings. The third-order valence-corrected chi connectivity index (χ3v) is 3.44. The number of nitrogens with zero attached hydrogens (tertiary/aromatic N) is 1. The van der Waals surface area contributed by atoms with Crippen molar-refractivity contribution in [3.05, 3.63) is 41.6 Å². The minimum atomic E-state index is -1.11. The lowest BCUT2D eigenvalue weighted by Gasteiger charge is -2.18. The molecule has 0 fully saturated rings. The summed E-state index contributed by atoms with van der Waals surface area (Å²) in [6.45, 7) is 5.53. The van der Waals surface area contributed by atoms with E-state index in [1.165, 1.54) is 6.07 Å². The van der Waals surface area contributed by atoms with Crippen LogP contribution in [-0.4, -0.2) is 34.9 Å². The summed E-state index contributed by atoms with van der Waals surface area (Å²) in [5.41, 5.74) is 2.30. The average Bonchev–Trinajstić information content (AvgIpc) is 2.53. The number of carboxylic acids is 1. The van der Waals surface area contributed by atoms with Gasteiger partial charge >= 0.3 is 5.97 Å². The Labute approximate surface area is 141 Å². The average molecular weight is 327 g/mol. The van der Waals surface area contributed by atoms with E-state index in [2.05, 4.69) is 10.3 Å². The number of ether oxygens (including phenoxy) is 1. The van der Waals surface area contributed by atoms with E-state index in [9.17, 15) is 9.90 Å². The third kappa shape index (κ3) is 3.71. The fraction of sp³-hybridized carbons (Fsp3) is 0.278. The molecule has 0 bridgehead atoms. The molecule has 6 nitrogen and oxygen atoms in total. The van der Waals surface area contributed by atoms with Gasteiger partial charge in [-0.25, -0.2) is 9.78 Å². The number of benzene rings is 1. The SMILES string of the molecule is COc1ccc(-c2cc(C(=O)O)nc(NC(C)C)c2C(C)=N)cc1. The van der Waals surface area contributed by atoms with Crippen LogP contribution in [-0.2, 0) is 0 Å². The first-order chi connectivity index (χ1) is 11.3. The number of methoxy groups -OCH3 is 1. The largest absolute Gasteiger partial charge is 0.497 e. The van der Waals surface area contributed by atoms with Gasteiger partial charge < -0.3 is 20.6 Å². The standard InChI is InChI=1S/C18H21N3O3/c1-10(2)20-17-16(11(3)19)14(9-15(21-17)18(22)23)12-5-7-13(24-4)8-6-12/h5-10,19H,1-4H3,(H,20,21)(H,22,23). The van der Waals surface area contributed by atoms with E-state index in [0.29, 0.717) is 28.4 Å². The molecule has 0 amide bonds. The van der Waals surface area contributed by atoms with Crippen molar-refractivity contribution in [3.63, 3.8) is 0 Å². The highest BCUT2D eigenvalue weighted by Gasteiger charge is 2.19. The second kappa shape index (κ2) is 7.12. The first kappa shape index (κ1) is 17.5. The number of pyridine rings is 1. The van der Waals surface area contributed by atoms with E-state index in [4.69, 9.17) is 10.1 Å². The third-order valence-electron chi connectivity index (χ3n) is 3.44. The maximum absolute atomic E-state index is 11.4. The molecule has 126 valence electrons. The molecule has 1 aromatic heterocycles. The fourth-order valence-electron chi connectivity index (χ4n) is 2.41. The fourth-order valence-corrected chi connectivity index (χ4v) is 2.41. The number of anilines is 1. The van der Waals surface area contributed by atoms with Crippen molar-refractivity contribution in [1.82, 2.24) is 4.98 Å². The summed E-state index contributed by atoms with van der Waals surface area (Å²) in [4.78, 5) is 15.6. The number of aromatic carboxylic acids is 1. The molecule has 1 aromatic carbocycles. The molecule has 6 heteroatoms. The summed E-state index contributed by atoms with van der Waals surface area (Å²) >= 11 is 0. The summed E-state index contributed by atoms with van der Waals surface area (Å²) in [6, 6.07) is 8.84. The Hall–Kier alpha value is -2.89. The second-order valence-electron chi connectivity index (χ2n) is 5.74. The van der Waals surface area contributed by atoms with Crippen LogP contribution in [0.25, 0.3) is 11.1 Å². The molecule has 0 unspecified atom stereocenters. The molecule has 2 rings (SSSR count). The maximum Gasteiger partial charge on any atom is 0.354 e. The van der Waals surface area contributed by atoms with E-state index >= 15 is 0 Å². The van der Waals surface area contributed by atoms with Gasteiger partial charge in [0.15, 0.2) is 5.69 Å². The first-order valence-electron chi connectivity index (χ1n) is 7.58. The minimum absolute atomic E-state index is 0.0587. The molecule has 2 aromatic rings. The number of carboxylic acid groups (broad SMARTS) is 1. The van der Waals surface area contributed by atoms with Crippen LogP contribution >= 0.6 is 0 Å². The zero-order chi connectivity index (χ0) is 17.9. The van der Waals surface area contributed by atoms with Gasteiger partial charge in [0.05, 0.1) is 7.11 Å². The smallest absolute Gasteiger partial charge is 0.354 e. The zero-order valence-electron chi connectivity index (χ0n) is 14.2. The van der Waals surface area contributed by atoms with Crippen LogP contribution in [0.4, 0.5) is 5.82 Å². The monoisotopic (exact) mass is 327 g/mol. The number of aromatic nitrogens is 1. The molecule has 3 N–H and O–H groups in total. The van der Waals surface area contributed by atoms with Crippen molar-refractivity contribution in [1.29, 1.82) is 5.41 Å². The summed E-state index contributed by atoms with van der Waals surface area (Å²) < 4.78 is 5.16. The molecule has 0 spiro atoms. The van der Waals surface area contributed by atoms with Crippen molar-refractivity contribution in [2.24, 2.45) is 0 Å². The normalized spacial score (nSPS) is 10.5. The van der Waals surface area contributed by atoms with Gasteiger partial charge in [-0.15, -0.1) is 0 Å². The van der Waals surface area contributed by atoms with E-state index < -0.39 is 5.97 Å². The second-order valence-corrected chi connectivity index (χ2v) is 5.74. The highest BCUT2D eigenvalue weighted by molar-refractivity contribution is 6.07. The highest BCUT2D eigenvalue weighted by Crippen LogP contribution is 2.31. The van der Waals surface area contributed by atoms with Gasteiger partial charge in [0, 0.05) is 17.3 Å². The number of hydrogen-bond donors (Lipinski definition) is 3. The van der Waals surface area contributed by atoms with Crippen LogP contribution in [0.2, 0.25) is 0 Å². The maximum atomic E-state index is 11.4. The van der Waals surface area contributed by atoms with Crippen molar-refractivity contribution in [2.45, 2.75) is 26.8 Å². The molecule has 0 atom stereocenters. The van der Waals surface area contributed by atoms with E-state index in [0.717, 1.165) is 5.56 Å². The Morgan fingerprint density at radius 2 is 1.92 bits per heavy atom. The van der Waals surface area contributed by atoms with Crippen molar-refractivity contribution >= 4 is 17.5 Å². The Balaban J connectivity index is 2.72. The van der Waals surface area contributed by atoms with Crippen LogP contribution < -0.4 is 10.1 Å².